The van der Waals surface area contributed by atoms with Crippen molar-refractivity contribution in [2.45, 2.75) is 39.5 Å². The van der Waals surface area contributed by atoms with Crippen molar-refractivity contribution in [1.82, 2.24) is 9.97 Å². The first kappa shape index (κ1) is 11.1. The summed E-state index contributed by atoms with van der Waals surface area (Å²) in [5, 5.41) is 1.18. The van der Waals surface area contributed by atoms with E-state index in [0.29, 0.717) is 11.8 Å². The third-order valence-electron chi connectivity index (χ3n) is 2.80. The molecule has 0 bridgehead atoms. The Balaban J connectivity index is 2.68. The molecule has 16 heavy (non-hydrogen) atoms. The summed E-state index contributed by atoms with van der Waals surface area (Å²) in [7, 11) is 0. The first-order valence-corrected chi connectivity index (χ1v) is 5.85. The molecule has 2 rings (SSSR count). The van der Waals surface area contributed by atoms with E-state index in [1.807, 2.05) is 12.3 Å². The lowest BCUT2D eigenvalue weighted by atomic mass is 10.0. The molecular weight excluding hydrogens is 196 g/mol. The van der Waals surface area contributed by atoms with Crippen LogP contribution in [0.3, 0.4) is 0 Å². The second-order valence-corrected chi connectivity index (χ2v) is 4.81. The van der Waals surface area contributed by atoms with Gasteiger partial charge in [-0.05, 0) is 24.0 Å². The van der Waals surface area contributed by atoms with E-state index < -0.39 is 0 Å². The summed E-state index contributed by atoms with van der Waals surface area (Å²) in [4.78, 5) is 9.18. The predicted molar refractivity (Wildman–Crippen MR) is 67.7 cm³/mol. The number of rotatable bonds is 2. The Morgan fingerprint density at radius 3 is 2.31 bits per heavy atom. The van der Waals surface area contributed by atoms with E-state index in [0.717, 1.165) is 16.9 Å². The molecule has 0 atom stereocenters. The van der Waals surface area contributed by atoms with Gasteiger partial charge in [-0.3, -0.25) is 9.97 Å². The molecular formula is C14H18N2. The molecule has 2 nitrogen and oxygen atoms in total. The van der Waals surface area contributed by atoms with Crippen LogP contribution in [0, 0.1) is 0 Å². The molecule has 0 aromatic carbocycles. The van der Waals surface area contributed by atoms with E-state index >= 15 is 0 Å². The summed E-state index contributed by atoms with van der Waals surface area (Å²) in [5.41, 5.74) is 3.30. The van der Waals surface area contributed by atoms with Crippen molar-refractivity contribution in [3.05, 3.63) is 35.8 Å². The Bertz CT molecular complexity index is 501. The van der Waals surface area contributed by atoms with Gasteiger partial charge in [0.15, 0.2) is 0 Å². The average Bonchev–Trinajstić information content (AvgIpc) is 2.27. The highest BCUT2D eigenvalue weighted by Gasteiger charge is 2.09. The minimum absolute atomic E-state index is 0.415. The van der Waals surface area contributed by atoms with Crippen LogP contribution in [-0.4, -0.2) is 9.97 Å². The summed E-state index contributed by atoms with van der Waals surface area (Å²) in [6, 6.07) is 6.28. The largest absolute Gasteiger partial charge is 0.259 e. The van der Waals surface area contributed by atoms with E-state index in [4.69, 9.17) is 4.98 Å². The van der Waals surface area contributed by atoms with Crippen molar-refractivity contribution in [2.24, 2.45) is 0 Å². The number of hydrogen-bond acceptors (Lipinski definition) is 2. The van der Waals surface area contributed by atoms with Crippen molar-refractivity contribution in [3.8, 4) is 0 Å². The Kier molecular flexibility index (Phi) is 2.90. The zero-order valence-corrected chi connectivity index (χ0v) is 10.4. The fourth-order valence-electron chi connectivity index (χ4n) is 1.83. The summed E-state index contributed by atoms with van der Waals surface area (Å²) in [5.74, 6) is 0.878. The fraction of sp³-hybridized carbons (Fsp3) is 0.429. The summed E-state index contributed by atoms with van der Waals surface area (Å²) < 4.78 is 0. The van der Waals surface area contributed by atoms with Gasteiger partial charge in [-0.1, -0.05) is 33.8 Å². The highest BCUT2D eigenvalue weighted by Crippen LogP contribution is 2.23. The van der Waals surface area contributed by atoms with Crippen LogP contribution in [0.1, 0.15) is 50.9 Å². The number of fused-ring (bicyclic) bond motifs is 1. The second kappa shape index (κ2) is 4.20. The van der Waals surface area contributed by atoms with Gasteiger partial charge < -0.3 is 0 Å². The molecule has 0 N–H and O–H groups in total. The molecule has 2 heterocycles. The molecule has 0 aliphatic carbocycles. The normalized spacial score (nSPS) is 11.6. The number of pyridine rings is 2. The molecule has 0 saturated carbocycles. The first-order valence-electron chi connectivity index (χ1n) is 5.85. The molecule has 0 amide bonds. The van der Waals surface area contributed by atoms with Gasteiger partial charge in [0.2, 0.25) is 0 Å². The van der Waals surface area contributed by atoms with E-state index in [2.05, 4.69) is 44.8 Å². The molecule has 0 aliphatic heterocycles. The molecule has 0 radical (unpaired) electrons. The molecule has 84 valence electrons. The standard InChI is InChI=1S/C14H18N2/c1-9(2)12-6-5-11-7-8-15-13(10(3)4)14(11)16-12/h5-10H,1-4H3. The average molecular weight is 214 g/mol. The zero-order valence-electron chi connectivity index (χ0n) is 10.4. The maximum atomic E-state index is 4.73. The van der Waals surface area contributed by atoms with Gasteiger partial charge in [0.05, 0.1) is 11.2 Å². The van der Waals surface area contributed by atoms with Crippen LogP contribution in [0.2, 0.25) is 0 Å². The van der Waals surface area contributed by atoms with Gasteiger partial charge >= 0.3 is 0 Å². The van der Waals surface area contributed by atoms with Crippen LogP contribution in [0.15, 0.2) is 24.4 Å². The van der Waals surface area contributed by atoms with Crippen molar-refractivity contribution in [1.29, 1.82) is 0 Å². The Morgan fingerprint density at radius 1 is 0.938 bits per heavy atom. The number of hydrogen-bond donors (Lipinski definition) is 0. The van der Waals surface area contributed by atoms with Crippen LogP contribution >= 0.6 is 0 Å². The Labute approximate surface area is 96.7 Å². The van der Waals surface area contributed by atoms with E-state index in [1.54, 1.807) is 0 Å². The Morgan fingerprint density at radius 2 is 1.69 bits per heavy atom. The smallest absolute Gasteiger partial charge is 0.0923 e. The monoisotopic (exact) mass is 214 g/mol. The molecule has 0 spiro atoms. The molecule has 2 heteroatoms. The van der Waals surface area contributed by atoms with Gasteiger partial charge in [-0.15, -0.1) is 0 Å². The minimum atomic E-state index is 0.415. The minimum Gasteiger partial charge on any atom is -0.259 e. The van der Waals surface area contributed by atoms with E-state index in [1.165, 1.54) is 5.39 Å². The fourth-order valence-corrected chi connectivity index (χ4v) is 1.83. The highest BCUT2D eigenvalue weighted by molar-refractivity contribution is 5.80. The van der Waals surface area contributed by atoms with Crippen molar-refractivity contribution >= 4 is 10.9 Å². The first-order chi connectivity index (χ1) is 7.59. The van der Waals surface area contributed by atoms with Gasteiger partial charge in [0.25, 0.3) is 0 Å². The van der Waals surface area contributed by atoms with E-state index in [9.17, 15) is 0 Å². The highest BCUT2D eigenvalue weighted by atomic mass is 14.8. The molecule has 0 saturated heterocycles. The van der Waals surface area contributed by atoms with Gasteiger partial charge in [0, 0.05) is 17.3 Å². The van der Waals surface area contributed by atoms with Crippen LogP contribution in [0.25, 0.3) is 10.9 Å². The quantitative estimate of drug-likeness (QED) is 0.758. The van der Waals surface area contributed by atoms with Crippen molar-refractivity contribution in [3.63, 3.8) is 0 Å². The lowest BCUT2D eigenvalue weighted by Crippen LogP contribution is -1.99. The Hall–Kier alpha value is -1.44. The van der Waals surface area contributed by atoms with E-state index in [-0.39, 0.29) is 0 Å². The number of aromatic nitrogens is 2. The molecule has 2 aromatic rings. The van der Waals surface area contributed by atoms with Crippen molar-refractivity contribution in [2.75, 3.05) is 0 Å². The lowest BCUT2D eigenvalue weighted by molar-refractivity contribution is 0.810. The van der Waals surface area contributed by atoms with Crippen LogP contribution in [0.5, 0.6) is 0 Å². The topological polar surface area (TPSA) is 25.8 Å². The predicted octanol–water partition coefficient (Wildman–Crippen LogP) is 3.88. The third kappa shape index (κ3) is 1.92. The third-order valence-corrected chi connectivity index (χ3v) is 2.80. The number of nitrogens with zero attached hydrogens (tertiary/aromatic N) is 2. The maximum Gasteiger partial charge on any atom is 0.0923 e. The zero-order chi connectivity index (χ0) is 11.7. The van der Waals surface area contributed by atoms with Crippen LogP contribution < -0.4 is 0 Å². The van der Waals surface area contributed by atoms with Gasteiger partial charge in [-0.25, -0.2) is 0 Å². The van der Waals surface area contributed by atoms with Gasteiger partial charge in [0.1, 0.15) is 0 Å². The summed E-state index contributed by atoms with van der Waals surface area (Å²) in [6.45, 7) is 8.65. The summed E-state index contributed by atoms with van der Waals surface area (Å²) in [6.07, 6.45) is 1.87. The summed E-state index contributed by atoms with van der Waals surface area (Å²) >= 11 is 0. The molecule has 0 fully saturated rings. The molecule has 2 aromatic heterocycles. The van der Waals surface area contributed by atoms with Crippen molar-refractivity contribution < 1.29 is 0 Å². The van der Waals surface area contributed by atoms with Gasteiger partial charge in [-0.2, -0.15) is 0 Å². The lowest BCUT2D eigenvalue weighted by Gasteiger charge is -2.10. The second-order valence-electron chi connectivity index (χ2n) is 4.81. The van der Waals surface area contributed by atoms with Crippen LogP contribution in [-0.2, 0) is 0 Å². The van der Waals surface area contributed by atoms with Crippen LogP contribution in [0.4, 0.5) is 0 Å². The SMILES string of the molecule is CC(C)c1ccc2ccnc(C(C)C)c2n1. The maximum absolute atomic E-state index is 4.73. The molecule has 0 unspecified atom stereocenters. The molecule has 0 aliphatic rings.